The van der Waals surface area contributed by atoms with Gasteiger partial charge in [0.05, 0.1) is 14.2 Å². The SMILES string of the molecule is CCN(C(=O)OC)c1ccc(C(CCNC[C@H](O)COc2ccccc2)(Cc2ccccc2)c2ccc(N(CC)C(=O)OC)cc2)cc1. The summed E-state index contributed by atoms with van der Waals surface area (Å²) in [7, 11) is 2.76. The minimum Gasteiger partial charge on any atom is -0.491 e. The van der Waals surface area contributed by atoms with Crippen LogP contribution in [0.2, 0.25) is 0 Å². The first-order valence-electron chi connectivity index (χ1n) is 16.4. The summed E-state index contributed by atoms with van der Waals surface area (Å²) in [5.41, 5.74) is 4.28. The first-order chi connectivity index (χ1) is 23.3. The van der Waals surface area contributed by atoms with Crippen LogP contribution in [0.1, 0.15) is 37.0 Å². The number of nitrogens with zero attached hydrogens (tertiary/aromatic N) is 2. The number of amides is 2. The number of aliphatic hydroxyl groups is 1. The number of ether oxygens (including phenoxy) is 3. The number of para-hydroxylation sites is 1. The van der Waals surface area contributed by atoms with Crippen molar-refractivity contribution < 1.29 is 28.9 Å². The average molecular weight is 654 g/mol. The number of methoxy groups -OCH3 is 2. The van der Waals surface area contributed by atoms with Crippen LogP contribution in [0, 0.1) is 0 Å². The summed E-state index contributed by atoms with van der Waals surface area (Å²) < 4.78 is 15.8. The zero-order chi connectivity index (χ0) is 34.4. The predicted molar refractivity (Wildman–Crippen MR) is 190 cm³/mol. The fourth-order valence-corrected chi connectivity index (χ4v) is 6.01. The van der Waals surface area contributed by atoms with Crippen LogP contribution in [0.3, 0.4) is 0 Å². The molecule has 4 aromatic rings. The minimum atomic E-state index is -0.691. The Morgan fingerprint density at radius 3 is 1.67 bits per heavy atom. The fourth-order valence-electron chi connectivity index (χ4n) is 6.01. The summed E-state index contributed by atoms with van der Waals surface area (Å²) in [4.78, 5) is 28.1. The molecule has 0 saturated carbocycles. The maximum Gasteiger partial charge on any atom is 0.413 e. The van der Waals surface area contributed by atoms with E-state index in [4.69, 9.17) is 14.2 Å². The van der Waals surface area contributed by atoms with Crippen LogP contribution in [0.25, 0.3) is 0 Å². The number of carbonyl (C=O) groups is 2. The quantitative estimate of drug-likeness (QED) is 0.128. The lowest BCUT2D eigenvalue weighted by Gasteiger charge is -2.37. The Morgan fingerprint density at radius 2 is 1.21 bits per heavy atom. The normalized spacial score (nSPS) is 11.8. The van der Waals surface area contributed by atoms with Crippen molar-refractivity contribution in [1.82, 2.24) is 5.32 Å². The maximum absolute atomic E-state index is 12.5. The van der Waals surface area contributed by atoms with Crippen LogP contribution in [-0.2, 0) is 21.3 Å². The smallest absolute Gasteiger partial charge is 0.413 e. The highest BCUT2D eigenvalue weighted by Gasteiger charge is 2.35. The lowest BCUT2D eigenvalue weighted by Crippen LogP contribution is -2.38. The highest BCUT2D eigenvalue weighted by molar-refractivity contribution is 5.88. The summed E-state index contributed by atoms with van der Waals surface area (Å²) in [5.74, 6) is 0.716. The van der Waals surface area contributed by atoms with Gasteiger partial charge in [0.1, 0.15) is 18.5 Å². The van der Waals surface area contributed by atoms with Crippen LogP contribution < -0.4 is 19.9 Å². The van der Waals surface area contributed by atoms with Gasteiger partial charge in [-0.05, 0) is 86.3 Å². The molecular weight excluding hydrogens is 606 g/mol. The van der Waals surface area contributed by atoms with E-state index in [0.29, 0.717) is 44.8 Å². The Balaban J connectivity index is 1.68. The van der Waals surface area contributed by atoms with Crippen molar-refractivity contribution >= 4 is 23.6 Å². The standard InChI is InChI=1S/C39H47N3O6/c1-5-41(37(44)46-3)33-21-17-31(18-22-33)39(27-30-13-9-7-10-14-30,32-19-23-34(24-20-32)42(6-2)38(45)47-4)25-26-40-28-35(43)29-48-36-15-11-8-12-16-36/h7-24,35,40,43H,5-6,25-29H2,1-4H3/t35-/m0/s1. The molecule has 0 fully saturated rings. The number of anilines is 2. The molecule has 0 radical (unpaired) electrons. The Bertz CT molecular complexity index is 1480. The second-order valence-corrected chi connectivity index (χ2v) is 11.5. The Kier molecular flexibility index (Phi) is 13.4. The van der Waals surface area contributed by atoms with Crippen molar-refractivity contribution in [2.24, 2.45) is 0 Å². The molecule has 0 saturated heterocycles. The molecule has 2 N–H and O–H groups in total. The Morgan fingerprint density at radius 1 is 0.729 bits per heavy atom. The lowest BCUT2D eigenvalue weighted by molar-refractivity contribution is 0.106. The summed E-state index contributed by atoms with van der Waals surface area (Å²) in [6.45, 7) is 5.90. The molecule has 0 aliphatic rings. The number of carbonyl (C=O) groups excluding carboxylic acids is 2. The molecule has 2 amide bonds. The van der Waals surface area contributed by atoms with E-state index in [1.807, 2.05) is 86.6 Å². The number of benzene rings is 4. The highest BCUT2D eigenvalue weighted by atomic mass is 16.5. The van der Waals surface area contributed by atoms with Crippen LogP contribution in [0.4, 0.5) is 21.0 Å². The Labute approximate surface area is 284 Å². The van der Waals surface area contributed by atoms with Gasteiger partial charge in [0.15, 0.2) is 0 Å². The zero-order valence-electron chi connectivity index (χ0n) is 28.3. The second-order valence-electron chi connectivity index (χ2n) is 11.5. The van der Waals surface area contributed by atoms with Crippen LogP contribution in [-0.4, -0.2) is 70.4 Å². The van der Waals surface area contributed by atoms with Gasteiger partial charge in [-0.1, -0.05) is 72.8 Å². The summed E-state index contributed by atoms with van der Waals surface area (Å²) in [6, 6.07) is 35.9. The summed E-state index contributed by atoms with van der Waals surface area (Å²) >= 11 is 0. The molecule has 4 rings (SSSR count). The zero-order valence-corrected chi connectivity index (χ0v) is 28.3. The van der Waals surface area contributed by atoms with Crippen molar-refractivity contribution in [2.45, 2.75) is 38.2 Å². The first-order valence-corrected chi connectivity index (χ1v) is 16.4. The predicted octanol–water partition coefficient (Wildman–Crippen LogP) is 6.82. The molecule has 0 aliphatic carbocycles. The number of nitrogens with one attached hydrogen (secondary N) is 1. The first kappa shape index (κ1) is 36.0. The number of aliphatic hydroxyl groups excluding tert-OH is 1. The van der Waals surface area contributed by atoms with E-state index in [0.717, 1.165) is 28.1 Å². The van der Waals surface area contributed by atoms with E-state index >= 15 is 0 Å². The molecule has 9 heteroatoms. The molecule has 254 valence electrons. The van der Waals surface area contributed by atoms with Crippen molar-refractivity contribution in [3.63, 3.8) is 0 Å². The topological polar surface area (TPSA) is 101 Å². The molecule has 0 bridgehead atoms. The maximum atomic E-state index is 12.5. The van der Waals surface area contributed by atoms with Gasteiger partial charge >= 0.3 is 12.2 Å². The van der Waals surface area contributed by atoms with Crippen LogP contribution >= 0.6 is 0 Å². The highest BCUT2D eigenvalue weighted by Crippen LogP contribution is 2.40. The molecule has 4 aromatic carbocycles. The molecule has 9 nitrogen and oxygen atoms in total. The van der Waals surface area contributed by atoms with Crippen molar-refractivity contribution in [1.29, 1.82) is 0 Å². The third-order valence-corrected chi connectivity index (χ3v) is 8.53. The number of rotatable bonds is 16. The van der Waals surface area contributed by atoms with Crippen LogP contribution in [0.15, 0.2) is 109 Å². The van der Waals surface area contributed by atoms with Gasteiger partial charge in [0, 0.05) is 36.4 Å². The van der Waals surface area contributed by atoms with E-state index in [1.165, 1.54) is 14.2 Å². The molecule has 1 atom stereocenters. The molecule has 0 heterocycles. The summed E-state index contributed by atoms with van der Waals surface area (Å²) in [5, 5.41) is 14.1. The van der Waals surface area contributed by atoms with Gasteiger partial charge in [-0.15, -0.1) is 0 Å². The van der Waals surface area contributed by atoms with E-state index in [2.05, 4.69) is 41.7 Å². The van der Waals surface area contributed by atoms with Crippen molar-refractivity contribution in [3.05, 3.63) is 126 Å². The minimum absolute atomic E-state index is 0.178. The largest absolute Gasteiger partial charge is 0.491 e. The van der Waals surface area contributed by atoms with E-state index in [9.17, 15) is 14.7 Å². The number of hydrogen-bond acceptors (Lipinski definition) is 7. The van der Waals surface area contributed by atoms with Crippen molar-refractivity contribution in [2.75, 3.05) is 56.8 Å². The summed E-state index contributed by atoms with van der Waals surface area (Å²) in [6.07, 6.45) is -0.140. The molecule has 0 aromatic heterocycles. The Hall–Kier alpha value is -4.86. The van der Waals surface area contributed by atoms with E-state index in [1.54, 1.807) is 9.80 Å². The van der Waals surface area contributed by atoms with Gasteiger partial charge < -0.3 is 24.6 Å². The molecule has 0 aliphatic heterocycles. The third-order valence-electron chi connectivity index (χ3n) is 8.53. The monoisotopic (exact) mass is 653 g/mol. The number of hydrogen-bond donors (Lipinski definition) is 2. The van der Waals surface area contributed by atoms with Gasteiger partial charge in [-0.3, -0.25) is 9.80 Å². The lowest BCUT2D eigenvalue weighted by atomic mass is 9.68. The second kappa shape index (κ2) is 17.9. The van der Waals surface area contributed by atoms with E-state index in [-0.39, 0.29) is 6.61 Å². The fraction of sp³-hybridized carbons (Fsp3) is 0.333. The molecule has 0 spiro atoms. The van der Waals surface area contributed by atoms with Crippen molar-refractivity contribution in [3.8, 4) is 5.75 Å². The molecular formula is C39H47N3O6. The van der Waals surface area contributed by atoms with Gasteiger partial charge in [0.2, 0.25) is 0 Å². The average Bonchev–Trinajstić information content (AvgIpc) is 3.14. The van der Waals surface area contributed by atoms with Gasteiger partial charge in [-0.2, -0.15) is 0 Å². The van der Waals surface area contributed by atoms with Crippen LogP contribution in [0.5, 0.6) is 5.75 Å². The third kappa shape index (κ3) is 9.14. The van der Waals surface area contributed by atoms with Gasteiger partial charge in [-0.25, -0.2) is 9.59 Å². The molecule has 48 heavy (non-hydrogen) atoms. The van der Waals surface area contributed by atoms with Gasteiger partial charge in [0.25, 0.3) is 0 Å². The van der Waals surface area contributed by atoms with E-state index < -0.39 is 23.7 Å². The molecule has 0 unspecified atom stereocenters.